The number of amides is 1. The molecule has 0 aliphatic heterocycles. The number of aromatic nitrogens is 5. The molecule has 0 bridgehead atoms. The minimum atomic E-state index is -4.32. The summed E-state index contributed by atoms with van der Waals surface area (Å²) in [5.41, 5.74) is 5.90. The molecule has 1 amide bonds. The Hall–Kier alpha value is -3.66. The molecule has 2 aromatic heterocycles. The minimum Gasteiger partial charge on any atom is -0.543 e. The SMILES string of the molecule is C[n+]1nnn(CC(=O)Nc2ccc(S(=O)(=O)Nc3scnc3C(=O)[O-])cc2F)c1N. The van der Waals surface area contributed by atoms with Crippen molar-refractivity contribution in [2.75, 3.05) is 15.8 Å². The number of benzene rings is 1. The average Bonchev–Trinajstić information content (AvgIpc) is 3.24. The van der Waals surface area contributed by atoms with Gasteiger partial charge in [-0.25, -0.2) is 17.8 Å². The number of rotatable bonds is 7. The highest BCUT2D eigenvalue weighted by molar-refractivity contribution is 7.93. The molecule has 158 valence electrons. The number of carboxylic acid groups (broad SMARTS) is 1. The van der Waals surface area contributed by atoms with E-state index < -0.39 is 38.3 Å². The van der Waals surface area contributed by atoms with Gasteiger partial charge in [0.15, 0.2) is 6.54 Å². The van der Waals surface area contributed by atoms with E-state index in [4.69, 9.17) is 5.73 Å². The zero-order valence-electron chi connectivity index (χ0n) is 15.1. The van der Waals surface area contributed by atoms with Gasteiger partial charge < -0.3 is 21.0 Å². The standard InChI is InChI=1S/C14H13FN8O5S2/c1-22-14(16)23(21-20-22)5-10(24)18-9-3-2-7(4-8(9)15)30(27,28)19-12-11(13(25)26)17-6-29-12/h2-4,6,16,19H,5H2,1H3,(H2,18,24,25,26). The number of carbonyl (C=O) groups excluding carboxylic acids is 2. The monoisotopic (exact) mass is 456 g/mol. The molecule has 0 radical (unpaired) electrons. The number of aromatic carboxylic acids is 1. The first-order chi connectivity index (χ1) is 14.1. The molecule has 0 unspecified atom stereocenters. The molecule has 3 aromatic rings. The van der Waals surface area contributed by atoms with Crippen molar-refractivity contribution in [3.05, 3.63) is 35.2 Å². The van der Waals surface area contributed by atoms with Crippen LogP contribution in [0, 0.1) is 5.82 Å². The number of nitrogens with one attached hydrogen (secondary N) is 2. The second kappa shape index (κ2) is 7.99. The van der Waals surface area contributed by atoms with Crippen molar-refractivity contribution in [3.63, 3.8) is 0 Å². The van der Waals surface area contributed by atoms with Crippen LogP contribution in [0.4, 0.5) is 21.0 Å². The Balaban J connectivity index is 1.75. The van der Waals surface area contributed by atoms with Gasteiger partial charge in [-0.05, 0) is 18.2 Å². The molecule has 3 rings (SSSR count). The van der Waals surface area contributed by atoms with Crippen molar-refractivity contribution in [1.82, 2.24) is 20.1 Å². The van der Waals surface area contributed by atoms with E-state index in [0.29, 0.717) is 6.07 Å². The molecule has 0 aliphatic carbocycles. The van der Waals surface area contributed by atoms with Crippen LogP contribution in [-0.4, -0.2) is 40.4 Å². The number of anilines is 3. The lowest BCUT2D eigenvalue weighted by molar-refractivity contribution is -0.718. The molecule has 30 heavy (non-hydrogen) atoms. The van der Waals surface area contributed by atoms with Gasteiger partial charge in [0.25, 0.3) is 15.9 Å². The van der Waals surface area contributed by atoms with Crippen LogP contribution in [0.5, 0.6) is 0 Å². The maximum atomic E-state index is 14.4. The summed E-state index contributed by atoms with van der Waals surface area (Å²) >= 11 is 0.721. The Kier molecular flexibility index (Phi) is 5.61. The van der Waals surface area contributed by atoms with E-state index in [1.54, 1.807) is 0 Å². The second-order valence-corrected chi connectivity index (χ2v) is 8.27. The number of sulfonamides is 1. The summed E-state index contributed by atoms with van der Waals surface area (Å²) in [6.45, 7) is -0.349. The Morgan fingerprint density at radius 1 is 1.40 bits per heavy atom. The molecule has 0 atom stereocenters. The third-order valence-electron chi connectivity index (χ3n) is 3.68. The zero-order valence-corrected chi connectivity index (χ0v) is 16.7. The van der Waals surface area contributed by atoms with Crippen LogP contribution in [0.1, 0.15) is 10.5 Å². The quantitative estimate of drug-likeness (QED) is 0.340. The number of carboxylic acids is 1. The normalized spacial score (nSPS) is 11.3. The van der Waals surface area contributed by atoms with Gasteiger partial charge in [0.1, 0.15) is 21.7 Å². The second-order valence-electron chi connectivity index (χ2n) is 5.73. The Morgan fingerprint density at radius 2 is 2.13 bits per heavy atom. The third-order valence-corrected chi connectivity index (χ3v) is 5.90. The maximum Gasteiger partial charge on any atom is 0.362 e. The van der Waals surface area contributed by atoms with E-state index in [1.165, 1.54) is 11.7 Å². The van der Waals surface area contributed by atoms with E-state index in [-0.39, 0.29) is 23.2 Å². The van der Waals surface area contributed by atoms with Gasteiger partial charge in [0.2, 0.25) is 0 Å². The van der Waals surface area contributed by atoms with Crippen molar-refractivity contribution in [2.24, 2.45) is 7.05 Å². The highest BCUT2D eigenvalue weighted by atomic mass is 32.2. The molecular weight excluding hydrogens is 443 g/mol. The lowest BCUT2D eigenvalue weighted by Crippen LogP contribution is -2.34. The Bertz CT molecular complexity index is 1240. The highest BCUT2D eigenvalue weighted by Crippen LogP contribution is 2.25. The van der Waals surface area contributed by atoms with Gasteiger partial charge >= 0.3 is 5.95 Å². The van der Waals surface area contributed by atoms with Crippen LogP contribution in [0.2, 0.25) is 0 Å². The van der Waals surface area contributed by atoms with Crippen molar-refractivity contribution in [3.8, 4) is 0 Å². The first-order valence-electron chi connectivity index (χ1n) is 7.91. The number of nitrogens with two attached hydrogens (primary N) is 1. The molecule has 0 aliphatic rings. The maximum absolute atomic E-state index is 14.4. The smallest absolute Gasteiger partial charge is 0.362 e. The molecule has 0 saturated heterocycles. The van der Waals surface area contributed by atoms with Crippen LogP contribution in [0.15, 0.2) is 28.6 Å². The van der Waals surface area contributed by atoms with Crippen molar-refractivity contribution in [2.45, 2.75) is 11.4 Å². The summed E-state index contributed by atoms with van der Waals surface area (Å²) in [4.78, 5) is 26.0. The van der Waals surface area contributed by atoms with Gasteiger partial charge in [0, 0.05) is 0 Å². The summed E-state index contributed by atoms with van der Waals surface area (Å²) in [5.74, 6) is -3.28. The topological polar surface area (TPSA) is 189 Å². The van der Waals surface area contributed by atoms with E-state index >= 15 is 0 Å². The van der Waals surface area contributed by atoms with Crippen LogP contribution in [-0.2, 0) is 28.4 Å². The number of nitrogens with zero attached hydrogens (tertiary/aromatic N) is 5. The fourth-order valence-electron chi connectivity index (χ4n) is 2.21. The van der Waals surface area contributed by atoms with Gasteiger partial charge in [-0.1, -0.05) is 4.68 Å². The molecule has 13 nitrogen and oxygen atoms in total. The average molecular weight is 456 g/mol. The van der Waals surface area contributed by atoms with E-state index in [2.05, 4.69) is 20.7 Å². The lowest BCUT2D eigenvalue weighted by atomic mass is 10.3. The predicted octanol–water partition coefficient (Wildman–Crippen LogP) is -1.92. The molecule has 2 heterocycles. The van der Waals surface area contributed by atoms with E-state index in [1.807, 2.05) is 4.72 Å². The van der Waals surface area contributed by atoms with E-state index in [9.17, 15) is 27.5 Å². The molecule has 0 saturated carbocycles. The van der Waals surface area contributed by atoms with Gasteiger partial charge in [-0.2, -0.15) is 0 Å². The minimum absolute atomic E-state index is 0.0946. The van der Waals surface area contributed by atoms with Crippen molar-refractivity contribution in [1.29, 1.82) is 0 Å². The van der Waals surface area contributed by atoms with Gasteiger partial charge in [-0.15, -0.1) is 16.0 Å². The van der Waals surface area contributed by atoms with Crippen LogP contribution >= 0.6 is 11.3 Å². The summed E-state index contributed by atoms with van der Waals surface area (Å²) in [6, 6.07) is 2.74. The van der Waals surface area contributed by atoms with Gasteiger partial charge in [-0.3, -0.25) is 9.52 Å². The van der Waals surface area contributed by atoms with E-state index in [0.717, 1.165) is 33.7 Å². The molecule has 16 heteroatoms. The van der Waals surface area contributed by atoms with Crippen molar-refractivity contribution < 1.29 is 32.2 Å². The number of nitrogen functional groups attached to an aromatic ring is 1. The molecule has 1 aromatic carbocycles. The number of aryl methyl sites for hydroxylation is 1. The summed E-state index contributed by atoms with van der Waals surface area (Å²) in [7, 11) is -2.80. The molecule has 0 fully saturated rings. The molecule has 4 N–H and O–H groups in total. The number of halogens is 1. The number of hydrogen-bond acceptors (Lipinski definition) is 10. The fraction of sp³-hybridized carbons (Fsp3) is 0.143. The summed E-state index contributed by atoms with van der Waals surface area (Å²) < 4.78 is 43.5. The predicted molar refractivity (Wildman–Crippen MR) is 97.9 cm³/mol. The third kappa shape index (κ3) is 4.33. The number of tetrazole rings is 1. The zero-order chi connectivity index (χ0) is 22.1. The van der Waals surface area contributed by atoms with Crippen LogP contribution in [0.25, 0.3) is 0 Å². The van der Waals surface area contributed by atoms with Gasteiger partial charge in [0.05, 0.1) is 34.3 Å². The number of thiazole rings is 1. The van der Waals surface area contributed by atoms with Crippen LogP contribution < -0.4 is 25.6 Å². The lowest BCUT2D eigenvalue weighted by Gasteiger charge is -2.10. The number of carbonyl (C=O) groups is 2. The first-order valence-corrected chi connectivity index (χ1v) is 10.3. The summed E-state index contributed by atoms with van der Waals surface area (Å²) in [5, 5.41) is 20.2. The Morgan fingerprint density at radius 3 is 2.73 bits per heavy atom. The summed E-state index contributed by atoms with van der Waals surface area (Å²) in [6.07, 6.45) is 0. The van der Waals surface area contributed by atoms with Crippen molar-refractivity contribution >= 4 is 49.9 Å². The highest BCUT2D eigenvalue weighted by Gasteiger charge is 2.21. The molecular formula is C14H13FN8O5S2. The first kappa shape index (κ1) is 21.1. The largest absolute Gasteiger partial charge is 0.543 e. The Labute approximate surface area is 172 Å². The number of hydrogen-bond donors (Lipinski definition) is 3. The molecule has 0 spiro atoms. The fourth-order valence-corrected chi connectivity index (χ4v) is 4.21. The van der Waals surface area contributed by atoms with Crippen LogP contribution in [0.3, 0.4) is 0 Å².